The van der Waals surface area contributed by atoms with Crippen molar-refractivity contribution in [2.24, 2.45) is 0 Å². The number of amides is 2. The Morgan fingerprint density at radius 1 is 1.17 bits per heavy atom. The van der Waals surface area contributed by atoms with E-state index in [9.17, 15) is 9.59 Å². The molecular weight excluding hydrogens is 230 g/mol. The minimum atomic E-state index is -0.302. The molecule has 5 nitrogen and oxygen atoms in total. The van der Waals surface area contributed by atoms with Crippen LogP contribution in [0, 0.1) is 0 Å². The van der Waals surface area contributed by atoms with E-state index in [1.807, 2.05) is 11.8 Å². The Morgan fingerprint density at radius 3 is 2.83 bits per heavy atom. The molecule has 0 bridgehead atoms. The van der Waals surface area contributed by atoms with Gasteiger partial charge in [0.2, 0.25) is 11.8 Å². The molecule has 18 heavy (non-hydrogen) atoms. The first-order chi connectivity index (χ1) is 8.66. The zero-order valence-electron chi connectivity index (χ0n) is 10.9. The number of rotatable bonds is 1. The number of hydrogen-bond acceptors (Lipinski definition) is 3. The van der Waals surface area contributed by atoms with Crippen LogP contribution in [0.15, 0.2) is 0 Å². The van der Waals surface area contributed by atoms with Gasteiger partial charge in [0.05, 0.1) is 6.54 Å². The number of nitrogens with zero attached hydrogens (tertiary/aromatic N) is 2. The van der Waals surface area contributed by atoms with Gasteiger partial charge < -0.3 is 15.1 Å². The third kappa shape index (κ3) is 1.90. The molecular formula is C13H21N3O2. The summed E-state index contributed by atoms with van der Waals surface area (Å²) in [7, 11) is 0. The van der Waals surface area contributed by atoms with Gasteiger partial charge >= 0.3 is 0 Å². The first kappa shape index (κ1) is 12.0. The van der Waals surface area contributed by atoms with Gasteiger partial charge in [0.25, 0.3) is 0 Å². The van der Waals surface area contributed by atoms with Crippen LogP contribution in [0.5, 0.6) is 0 Å². The predicted octanol–water partition coefficient (Wildman–Crippen LogP) is -0.0399. The van der Waals surface area contributed by atoms with Gasteiger partial charge in [-0.05, 0) is 39.2 Å². The Kier molecular flexibility index (Phi) is 3.01. The molecule has 3 aliphatic rings. The van der Waals surface area contributed by atoms with Gasteiger partial charge in [-0.25, -0.2) is 0 Å². The Balaban J connectivity index is 1.73. The van der Waals surface area contributed by atoms with Gasteiger partial charge in [-0.3, -0.25) is 9.59 Å². The van der Waals surface area contributed by atoms with Crippen molar-refractivity contribution < 1.29 is 9.59 Å². The van der Waals surface area contributed by atoms with Crippen molar-refractivity contribution in [3.63, 3.8) is 0 Å². The summed E-state index contributed by atoms with van der Waals surface area (Å²) in [6, 6.07) is 0.593. The summed E-state index contributed by atoms with van der Waals surface area (Å²) >= 11 is 0. The normalized spacial score (nSPS) is 37.6. The molecule has 0 aliphatic carbocycles. The largest absolute Gasteiger partial charge is 0.345 e. The summed E-state index contributed by atoms with van der Waals surface area (Å²) in [6.07, 6.45) is 4.59. The molecule has 3 atom stereocenters. The zero-order valence-corrected chi connectivity index (χ0v) is 10.9. The van der Waals surface area contributed by atoms with Crippen molar-refractivity contribution in [1.29, 1.82) is 0 Å². The molecule has 5 heteroatoms. The number of carbonyl (C=O) groups excluding carboxylic acids is 2. The van der Waals surface area contributed by atoms with Gasteiger partial charge in [-0.15, -0.1) is 0 Å². The predicted molar refractivity (Wildman–Crippen MR) is 66.9 cm³/mol. The highest BCUT2D eigenvalue weighted by molar-refractivity contribution is 5.94. The maximum Gasteiger partial charge on any atom is 0.242 e. The van der Waals surface area contributed by atoms with Crippen molar-refractivity contribution in [2.45, 2.75) is 50.7 Å². The minimum Gasteiger partial charge on any atom is -0.345 e. The zero-order chi connectivity index (χ0) is 12.7. The van der Waals surface area contributed by atoms with Crippen molar-refractivity contribution in [3.05, 3.63) is 0 Å². The first-order valence-corrected chi connectivity index (χ1v) is 7.00. The van der Waals surface area contributed by atoms with E-state index in [2.05, 4.69) is 10.2 Å². The molecule has 100 valence electrons. The smallest absolute Gasteiger partial charge is 0.242 e. The molecule has 2 amide bonds. The van der Waals surface area contributed by atoms with Crippen molar-refractivity contribution >= 4 is 11.8 Å². The lowest BCUT2D eigenvalue weighted by Crippen LogP contribution is -2.62. The van der Waals surface area contributed by atoms with E-state index in [0.29, 0.717) is 6.04 Å². The van der Waals surface area contributed by atoms with E-state index < -0.39 is 0 Å². The van der Waals surface area contributed by atoms with Crippen LogP contribution in [-0.4, -0.2) is 59.4 Å². The van der Waals surface area contributed by atoms with Crippen LogP contribution in [0.4, 0.5) is 0 Å². The topological polar surface area (TPSA) is 52.7 Å². The van der Waals surface area contributed by atoms with Crippen LogP contribution in [0.1, 0.15) is 32.6 Å². The molecule has 0 radical (unpaired) electrons. The van der Waals surface area contributed by atoms with Crippen LogP contribution in [0.25, 0.3) is 0 Å². The second-order valence-corrected chi connectivity index (χ2v) is 5.71. The van der Waals surface area contributed by atoms with Gasteiger partial charge in [-0.1, -0.05) is 0 Å². The van der Waals surface area contributed by atoms with Crippen molar-refractivity contribution in [3.8, 4) is 0 Å². The van der Waals surface area contributed by atoms with Crippen LogP contribution in [-0.2, 0) is 9.59 Å². The molecule has 0 saturated carbocycles. The van der Waals surface area contributed by atoms with Gasteiger partial charge in [-0.2, -0.15) is 0 Å². The minimum absolute atomic E-state index is 0.0107. The summed E-state index contributed by atoms with van der Waals surface area (Å²) in [6.45, 7) is 4.30. The first-order valence-electron chi connectivity index (χ1n) is 7.00. The second-order valence-electron chi connectivity index (χ2n) is 5.71. The number of hydrogen-bond donors (Lipinski definition) is 1. The summed E-state index contributed by atoms with van der Waals surface area (Å²) < 4.78 is 0. The molecule has 0 aromatic carbocycles. The summed E-state index contributed by atoms with van der Waals surface area (Å²) in [5.41, 5.74) is 0. The fourth-order valence-electron chi connectivity index (χ4n) is 3.72. The van der Waals surface area contributed by atoms with Crippen LogP contribution in [0.3, 0.4) is 0 Å². The van der Waals surface area contributed by atoms with Crippen molar-refractivity contribution in [2.75, 3.05) is 19.6 Å². The number of nitrogens with one attached hydrogen (secondary N) is 1. The van der Waals surface area contributed by atoms with E-state index in [0.717, 1.165) is 19.4 Å². The van der Waals surface area contributed by atoms with E-state index in [1.54, 1.807) is 0 Å². The van der Waals surface area contributed by atoms with Gasteiger partial charge in [0.15, 0.2) is 0 Å². The van der Waals surface area contributed by atoms with E-state index >= 15 is 0 Å². The lowest BCUT2D eigenvalue weighted by atomic mass is 9.94. The molecule has 1 N–H and O–H groups in total. The van der Waals surface area contributed by atoms with E-state index in [-0.39, 0.29) is 30.4 Å². The summed E-state index contributed by atoms with van der Waals surface area (Å²) in [5.74, 6) is 0.0713. The van der Waals surface area contributed by atoms with Crippen LogP contribution in [0.2, 0.25) is 0 Å². The van der Waals surface area contributed by atoms with Crippen LogP contribution < -0.4 is 5.32 Å². The number of piperidine rings is 1. The average molecular weight is 251 g/mol. The average Bonchev–Trinajstić information content (AvgIpc) is 2.82. The lowest BCUT2D eigenvalue weighted by Gasteiger charge is -2.44. The van der Waals surface area contributed by atoms with E-state index in [1.165, 1.54) is 19.4 Å². The summed E-state index contributed by atoms with van der Waals surface area (Å²) in [5, 5.41) is 2.66. The molecule has 3 unspecified atom stereocenters. The maximum absolute atomic E-state index is 12.0. The highest BCUT2D eigenvalue weighted by atomic mass is 16.2. The molecule has 3 aliphatic heterocycles. The maximum atomic E-state index is 12.0. The lowest BCUT2D eigenvalue weighted by molar-refractivity contribution is -0.149. The number of piperazine rings is 1. The highest BCUT2D eigenvalue weighted by Gasteiger charge is 2.40. The second kappa shape index (κ2) is 4.53. The molecule has 3 fully saturated rings. The SMILES string of the molecule is CC1C(=O)NCC(=O)N1C1CCN2CCCC2C1. The monoisotopic (exact) mass is 251 g/mol. The molecule has 3 heterocycles. The Morgan fingerprint density at radius 2 is 2.00 bits per heavy atom. The Labute approximate surface area is 107 Å². The molecule has 0 aromatic heterocycles. The molecule has 0 spiro atoms. The number of carbonyl (C=O) groups is 2. The molecule has 0 aromatic rings. The molecule has 3 rings (SSSR count). The fraction of sp³-hybridized carbons (Fsp3) is 0.846. The third-order valence-electron chi connectivity index (χ3n) is 4.68. The van der Waals surface area contributed by atoms with Crippen LogP contribution >= 0.6 is 0 Å². The summed E-state index contributed by atoms with van der Waals surface area (Å²) in [4.78, 5) is 28.1. The third-order valence-corrected chi connectivity index (χ3v) is 4.68. The fourth-order valence-corrected chi connectivity index (χ4v) is 3.72. The highest BCUT2D eigenvalue weighted by Crippen LogP contribution is 2.30. The van der Waals surface area contributed by atoms with Gasteiger partial charge in [0, 0.05) is 18.6 Å². The Bertz CT molecular complexity index is 371. The quantitative estimate of drug-likeness (QED) is 0.711. The van der Waals surface area contributed by atoms with Crippen molar-refractivity contribution in [1.82, 2.24) is 15.1 Å². The van der Waals surface area contributed by atoms with E-state index in [4.69, 9.17) is 0 Å². The number of fused-ring (bicyclic) bond motifs is 1. The van der Waals surface area contributed by atoms with Gasteiger partial charge in [0.1, 0.15) is 6.04 Å². The standard InChI is InChI=1S/C13H21N3O2/c1-9-13(18)14-8-12(17)16(9)11-4-6-15-5-2-3-10(15)7-11/h9-11H,2-8H2,1H3,(H,14,18). The molecule has 3 saturated heterocycles. The Hall–Kier alpha value is -1.10.